The molecule has 2 N–H and O–H groups in total. The van der Waals surface area contributed by atoms with E-state index in [2.05, 4.69) is 17.6 Å². The van der Waals surface area contributed by atoms with E-state index in [4.69, 9.17) is 0 Å². The van der Waals surface area contributed by atoms with Gasteiger partial charge in [-0.05, 0) is 51.4 Å². The van der Waals surface area contributed by atoms with Crippen LogP contribution in [0.4, 0.5) is 0 Å². The van der Waals surface area contributed by atoms with Gasteiger partial charge >= 0.3 is 0 Å². The van der Waals surface area contributed by atoms with E-state index in [1.54, 1.807) is 0 Å². The van der Waals surface area contributed by atoms with Crippen LogP contribution in [0.25, 0.3) is 0 Å². The van der Waals surface area contributed by atoms with Crippen molar-refractivity contribution in [2.45, 2.75) is 26.2 Å². The lowest BCUT2D eigenvalue weighted by Gasteiger charge is -2.22. The first-order valence-electron chi connectivity index (χ1n) is 4.85. The van der Waals surface area contributed by atoms with Crippen LogP contribution in [0.15, 0.2) is 0 Å². The molecule has 1 heterocycles. The molecule has 0 bridgehead atoms. The lowest BCUT2D eigenvalue weighted by atomic mass is 9.96. The molecule has 11 heavy (non-hydrogen) atoms. The van der Waals surface area contributed by atoms with E-state index in [0.717, 1.165) is 12.5 Å². The number of nitrogens with one attached hydrogen (secondary N) is 2. The number of rotatable bonds is 4. The van der Waals surface area contributed by atoms with Gasteiger partial charge in [-0.1, -0.05) is 6.92 Å². The van der Waals surface area contributed by atoms with Crippen LogP contribution < -0.4 is 10.6 Å². The molecular formula is C9H20N2. The smallest absolute Gasteiger partial charge is 0.00200 e. The number of hydrogen-bond donors (Lipinski definition) is 2. The van der Waals surface area contributed by atoms with Gasteiger partial charge in [0.2, 0.25) is 0 Å². The van der Waals surface area contributed by atoms with Crippen LogP contribution in [-0.4, -0.2) is 26.2 Å². The van der Waals surface area contributed by atoms with Crippen molar-refractivity contribution in [1.82, 2.24) is 10.6 Å². The maximum absolute atomic E-state index is 3.43. The second-order valence-electron chi connectivity index (χ2n) is 3.35. The standard InChI is InChI=1S/C9H20N2/c1-2-10-7-5-9-4-3-6-11-8-9/h9-11H,2-8H2,1H3/t9-/m1/s1. The van der Waals surface area contributed by atoms with E-state index in [1.165, 1.54) is 38.9 Å². The Morgan fingerprint density at radius 3 is 3.09 bits per heavy atom. The van der Waals surface area contributed by atoms with Gasteiger partial charge in [0, 0.05) is 0 Å². The summed E-state index contributed by atoms with van der Waals surface area (Å²) < 4.78 is 0. The average molecular weight is 156 g/mol. The molecule has 0 aromatic heterocycles. The summed E-state index contributed by atoms with van der Waals surface area (Å²) in [7, 11) is 0. The lowest BCUT2D eigenvalue weighted by molar-refractivity contribution is 0.353. The van der Waals surface area contributed by atoms with Crippen LogP contribution >= 0.6 is 0 Å². The van der Waals surface area contributed by atoms with Crippen molar-refractivity contribution >= 4 is 0 Å². The highest BCUT2D eigenvalue weighted by atomic mass is 14.9. The van der Waals surface area contributed by atoms with Crippen molar-refractivity contribution in [3.8, 4) is 0 Å². The van der Waals surface area contributed by atoms with Gasteiger partial charge in [-0.2, -0.15) is 0 Å². The summed E-state index contributed by atoms with van der Waals surface area (Å²) in [4.78, 5) is 0. The summed E-state index contributed by atoms with van der Waals surface area (Å²) >= 11 is 0. The Balaban J connectivity index is 1.96. The number of piperidine rings is 1. The molecule has 0 radical (unpaired) electrons. The molecule has 0 aromatic rings. The van der Waals surface area contributed by atoms with E-state index < -0.39 is 0 Å². The first-order valence-corrected chi connectivity index (χ1v) is 4.85. The zero-order valence-corrected chi connectivity index (χ0v) is 7.53. The average Bonchev–Trinajstić information content (AvgIpc) is 2.07. The topological polar surface area (TPSA) is 24.1 Å². The minimum absolute atomic E-state index is 0.933. The van der Waals surface area contributed by atoms with Gasteiger partial charge in [-0.15, -0.1) is 0 Å². The molecule has 0 amide bonds. The van der Waals surface area contributed by atoms with Crippen LogP contribution in [0.5, 0.6) is 0 Å². The molecule has 0 saturated carbocycles. The fourth-order valence-electron chi connectivity index (χ4n) is 1.65. The number of hydrogen-bond acceptors (Lipinski definition) is 2. The molecule has 1 aliphatic heterocycles. The van der Waals surface area contributed by atoms with Crippen molar-refractivity contribution in [2.75, 3.05) is 26.2 Å². The fraction of sp³-hybridized carbons (Fsp3) is 1.00. The predicted octanol–water partition coefficient (Wildman–Crippen LogP) is 0.986. The molecule has 0 aromatic carbocycles. The van der Waals surface area contributed by atoms with Gasteiger partial charge in [0.05, 0.1) is 0 Å². The molecule has 2 nitrogen and oxygen atoms in total. The second-order valence-corrected chi connectivity index (χ2v) is 3.35. The lowest BCUT2D eigenvalue weighted by Crippen LogP contribution is -2.31. The normalized spacial score (nSPS) is 25.4. The van der Waals surface area contributed by atoms with Crippen molar-refractivity contribution in [1.29, 1.82) is 0 Å². The summed E-state index contributed by atoms with van der Waals surface area (Å²) in [6.45, 7) is 6.95. The maximum atomic E-state index is 3.43. The minimum atomic E-state index is 0.933. The highest BCUT2D eigenvalue weighted by Gasteiger charge is 2.11. The van der Waals surface area contributed by atoms with Gasteiger partial charge < -0.3 is 10.6 Å². The summed E-state index contributed by atoms with van der Waals surface area (Å²) in [6, 6.07) is 0. The Labute approximate surface area is 69.8 Å². The first-order chi connectivity index (χ1) is 5.43. The predicted molar refractivity (Wildman–Crippen MR) is 48.8 cm³/mol. The molecule has 0 spiro atoms. The Morgan fingerprint density at radius 1 is 1.55 bits per heavy atom. The molecule has 1 aliphatic rings. The highest BCUT2D eigenvalue weighted by Crippen LogP contribution is 2.12. The zero-order valence-electron chi connectivity index (χ0n) is 7.53. The largest absolute Gasteiger partial charge is 0.317 e. The molecule has 2 heteroatoms. The van der Waals surface area contributed by atoms with Gasteiger partial charge in [-0.25, -0.2) is 0 Å². The Kier molecular flexibility index (Phi) is 4.55. The van der Waals surface area contributed by atoms with Crippen LogP contribution in [0.1, 0.15) is 26.2 Å². The molecule has 1 fully saturated rings. The minimum Gasteiger partial charge on any atom is -0.317 e. The molecule has 66 valence electrons. The third-order valence-electron chi connectivity index (χ3n) is 2.38. The molecule has 1 saturated heterocycles. The van der Waals surface area contributed by atoms with Crippen molar-refractivity contribution in [3.63, 3.8) is 0 Å². The van der Waals surface area contributed by atoms with Crippen LogP contribution in [0, 0.1) is 5.92 Å². The van der Waals surface area contributed by atoms with Crippen LogP contribution in [-0.2, 0) is 0 Å². The van der Waals surface area contributed by atoms with Crippen molar-refractivity contribution in [2.24, 2.45) is 5.92 Å². The summed E-state index contributed by atoms with van der Waals surface area (Å²) in [6.07, 6.45) is 4.15. The van der Waals surface area contributed by atoms with Crippen LogP contribution in [0.2, 0.25) is 0 Å². The fourth-order valence-corrected chi connectivity index (χ4v) is 1.65. The summed E-state index contributed by atoms with van der Waals surface area (Å²) in [5, 5.41) is 6.80. The zero-order chi connectivity index (χ0) is 7.94. The second kappa shape index (κ2) is 5.56. The van der Waals surface area contributed by atoms with Crippen molar-refractivity contribution < 1.29 is 0 Å². The first kappa shape index (κ1) is 9.01. The van der Waals surface area contributed by atoms with Gasteiger partial charge in [0.25, 0.3) is 0 Å². The Bertz CT molecular complexity index is 87.6. The molecule has 0 aliphatic carbocycles. The summed E-state index contributed by atoms with van der Waals surface area (Å²) in [5.74, 6) is 0.933. The Morgan fingerprint density at radius 2 is 2.45 bits per heavy atom. The quantitative estimate of drug-likeness (QED) is 0.593. The van der Waals surface area contributed by atoms with E-state index in [9.17, 15) is 0 Å². The van der Waals surface area contributed by atoms with Gasteiger partial charge in [0.15, 0.2) is 0 Å². The SMILES string of the molecule is CCNCC[C@H]1CCCNC1. The highest BCUT2D eigenvalue weighted by molar-refractivity contribution is 4.69. The molecular weight excluding hydrogens is 136 g/mol. The monoisotopic (exact) mass is 156 g/mol. The van der Waals surface area contributed by atoms with E-state index >= 15 is 0 Å². The van der Waals surface area contributed by atoms with E-state index in [1.807, 2.05) is 0 Å². The van der Waals surface area contributed by atoms with Crippen molar-refractivity contribution in [3.05, 3.63) is 0 Å². The van der Waals surface area contributed by atoms with E-state index in [-0.39, 0.29) is 0 Å². The van der Waals surface area contributed by atoms with Crippen LogP contribution in [0.3, 0.4) is 0 Å². The third kappa shape index (κ3) is 3.73. The Hall–Kier alpha value is -0.0800. The molecule has 1 atom stereocenters. The third-order valence-corrected chi connectivity index (χ3v) is 2.38. The van der Waals surface area contributed by atoms with Gasteiger partial charge in [-0.3, -0.25) is 0 Å². The summed E-state index contributed by atoms with van der Waals surface area (Å²) in [5.41, 5.74) is 0. The molecule has 0 unspecified atom stereocenters. The molecule has 1 rings (SSSR count). The maximum Gasteiger partial charge on any atom is -0.00200 e. The van der Waals surface area contributed by atoms with E-state index in [0.29, 0.717) is 0 Å². The van der Waals surface area contributed by atoms with Gasteiger partial charge in [0.1, 0.15) is 0 Å².